The van der Waals surface area contributed by atoms with Crippen LogP contribution >= 0.6 is 24.0 Å². The Morgan fingerprint density at radius 3 is 2.46 bits per heavy atom. The maximum atomic E-state index is 11.9. The summed E-state index contributed by atoms with van der Waals surface area (Å²) in [5.74, 6) is 1.71. The van der Waals surface area contributed by atoms with E-state index in [1.807, 2.05) is 7.05 Å². The van der Waals surface area contributed by atoms with Crippen molar-refractivity contribution in [3.63, 3.8) is 0 Å². The van der Waals surface area contributed by atoms with E-state index in [-0.39, 0.29) is 41.8 Å². The number of nitrogens with zero attached hydrogens (tertiary/aromatic N) is 3. The maximum absolute atomic E-state index is 11.9. The summed E-state index contributed by atoms with van der Waals surface area (Å²) in [5, 5.41) is 3.57. The van der Waals surface area contributed by atoms with E-state index < -0.39 is 0 Å². The molecule has 3 unspecified atom stereocenters. The number of guanidine groups is 1. The number of ether oxygens (including phenoxy) is 1. The Morgan fingerprint density at radius 2 is 1.92 bits per heavy atom. The van der Waals surface area contributed by atoms with Crippen LogP contribution in [0.25, 0.3) is 0 Å². The van der Waals surface area contributed by atoms with Crippen molar-refractivity contribution in [2.75, 3.05) is 46.9 Å². The number of halogens is 1. The summed E-state index contributed by atoms with van der Waals surface area (Å²) in [6, 6.07) is 0.552. The van der Waals surface area contributed by atoms with Gasteiger partial charge in [-0.05, 0) is 44.2 Å². The molecule has 0 bridgehead atoms. The van der Waals surface area contributed by atoms with E-state index in [0.29, 0.717) is 18.5 Å². The van der Waals surface area contributed by atoms with E-state index >= 15 is 0 Å². The van der Waals surface area contributed by atoms with Crippen molar-refractivity contribution < 1.29 is 9.53 Å². The summed E-state index contributed by atoms with van der Waals surface area (Å²) in [4.78, 5) is 21.2. The molecule has 2 fully saturated rings. The van der Waals surface area contributed by atoms with Crippen LogP contribution in [0.15, 0.2) is 4.99 Å². The second-order valence-corrected chi connectivity index (χ2v) is 7.97. The van der Waals surface area contributed by atoms with Crippen molar-refractivity contribution in [2.45, 2.75) is 46.1 Å². The predicted octanol–water partition coefficient (Wildman–Crippen LogP) is 2.43. The molecule has 0 aromatic heterocycles. The molecule has 2 heterocycles. The van der Waals surface area contributed by atoms with Crippen molar-refractivity contribution >= 4 is 35.9 Å². The zero-order chi connectivity index (χ0) is 18.4. The summed E-state index contributed by atoms with van der Waals surface area (Å²) in [6.45, 7) is 11.6. The van der Waals surface area contributed by atoms with Crippen LogP contribution in [-0.2, 0) is 9.53 Å². The standard InChI is InChI=1S/C19H36N4O2.HI/c1-14(2)10-16(22-8-6-7-9-22)11-21-19(20-4)23-12-15(3)17(13-23)18(24)25-5;/h14-17H,6-13H2,1-5H3,(H,20,21);1H. The summed E-state index contributed by atoms with van der Waals surface area (Å²) in [6.07, 6.45) is 3.83. The minimum atomic E-state index is -0.111. The first-order valence-electron chi connectivity index (χ1n) is 9.73. The van der Waals surface area contributed by atoms with Crippen molar-refractivity contribution in [3.05, 3.63) is 0 Å². The third-order valence-electron chi connectivity index (χ3n) is 5.52. The quantitative estimate of drug-likeness (QED) is 0.274. The molecular weight excluding hydrogens is 443 g/mol. The molecule has 3 atom stereocenters. The number of rotatable bonds is 6. The zero-order valence-electron chi connectivity index (χ0n) is 17.0. The van der Waals surface area contributed by atoms with Gasteiger partial charge in [0.15, 0.2) is 5.96 Å². The summed E-state index contributed by atoms with van der Waals surface area (Å²) < 4.78 is 4.94. The summed E-state index contributed by atoms with van der Waals surface area (Å²) in [7, 11) is 3.29. The van der Waals surface area contributed by atoms with Crippen LogP contribution in [0.3, 0.4) is 0 Å². The van der Waals surface area contributed by atoms with Gasteiger partial charge in [-0.15, -0.1) is 24.0 Å². The van der Waals surface area contributed by atoms with Crippen LogP contribution in [0.1, 0.15) is 40.0 Å². The lowest BCUT2D eigenvalue weighted by molar-refractivity contribution is -0.145. The molecule has 6 nitrogen and oxygen atoms in total. The van der Waals surface area contributed by atoms with Gasteiger partial charge in [-0.25, -0.2) is 0 Å². The first-order chi connectivity index (χ1) is 12.0. The number of aliphatic imine (C=N–C) groups is 1. The van der Waals surface area contributed by atoms with Crippen molar-refractivity contribution in [2.24, 2.45) is 22.7 Å². The van der Waals surface area contributed by atoms with Gasteiger partial charge in [-0.1, -0.05) is 20.8 Å². The Balaban J connectivity index is 0.00000338. The normalized spacial score (nSPS) is 25.3. The van der Waals surface area contributed by atoms with Gasteiger partial charge in [0, 0.05) is 32.7 Å². The van der Waals surface area contributed by atoms with Crippen LogP contribution in [-0.4, -0.2) is 74.7 Å². The molecule has 2 saturated heterocycles. The molecule has 0 aliphatic carbocycles. The molecule has 2 aliphatic rings. The molecule has 1 N–H and O–H groups in total. The molecule has 7 heteroatoms. The highest BCUT2D eigenvalue weighted by atomic mass is 127. The second kappa shape index (κ2) is 11.3. The lowest BCUT2D eigenvalue weighted by Crippen LogP contribution is -2.48. The molecule has 2 rings (SSSR count). The van der Waals surface area contributed by atoms with Crippen molar-refractivity contribution in [1.82, 2.24) is 15.1 Å². The molecule has 26 heavy (non-hydrogen) atoms. The van der Waals surface area contributed by atoms with Crippen LogP contribution in [0.4, 0.5) is 0 Å². The number of carbonyl (C=O) groups excluding carboxylic acids is 1. The SMILES string of the molecule is CN=C(NCC(CC(C)C)N1CCCC1)N1CC(C)C(C(=O)OC)C1.I. The average molecular weight is 480 g/mol. The molecular formula is C19H37IN4O2. The van der Waals surface area contributed by atoms with Gasteiger partial charge in [-0.3, -0.25) is 14.7 Å². The van der Waals surface area contributed by atoms with E-state index in [2.05, 4.69) is 40.9 Å². The van der Waals surface area contributed by atoms with Crippen LogP contribution in [0, 0.1) is 17.8 Å². The number of likely N-dealkylation sites (tertiary alicyclic amines) is 2. The van der Waals surface area contributed by atoms with Gasteiger partial charge in [-0.2, -0.15) is 0 Å². The smallest absolute Gasteiger partial charge is 0.310 e. The van der Waals surface area contributed by atoms with E-state index in [4.69, 9.17) is 4.74 Å². The van der Waals surface area contributed by atoms with Crippen LogP contribution in [0.2, 0.25) is 0 Å². The fourth-order valence-corrected chi connectivity index (χ4v) is 4.15. The fraction of sp³-hybridized carbons (Fsp3) is 0.895. The largest absolute Gasteiger partial charge is 0.469 e. The molecule has 0 aromatic carbocycles. The van der Waals surface area contributed by atoms with E-state index in [1.165, 1.54) is 39.5 Å². The first-order valence-corrected chi connectivity index (χ1v) is 9.73. The van der Waals surface area contributed by atoms with Crippen molar-refractivity contribution in [1.29, 1.82) is 0 Å². The van der Waals surface area contributed by atoms with Crippen LogP contribution < -0.4 is 5.32 Å². The molecule has 2 aliphatic heterocycles. The molecule has 0 spiro atoms. The molecule has 0 radical (unpaired) electrons. The highest BCUT2D eigenvalue weighted by Gasteiger charge is 2.37. The third kappa shape index (κ3) is 6.25. The first kappa shape index (κ1) is 23.5. The number of hydrogen-bond acceptors (Lipinski definition) is 4. The Morgan fingerprint density at radius 1 is 1.27 bits per heavy atom. The zero-order valence-corrected chi connectivity index (χ0v) is 19.4. The van der Waals surface area contributed by atoms with E-state index in [9.17, 15) is 4.79 Å². The summed E-state index contributed by atoms with van der Waals surface area (Å²) >= 11 is 0. The van der Waals surface area contributed by atoms with Gasteiger partial charge in [0.2, 0.25) is 0 Å². The molecule has 0 aromatic rings. The van der Waals surface area contributed by atoms with Gasteiger partial charge in [0.05, 0.1) is 13.0 Å². The second-order valence-electron chi connectivity index (χ2n) is 7.97. The molecule has 152 valence electrons. The van der Waals surface area contributed by atoms with Crippen LogP contribution in [0.5, 0.6) is 0 Å². The van der Waals surface area contributed by atoms with Gasteiger partial charge >= 0.3 is 5.97 Å². The fourth-order valence-electron chi connectivity index (χ4n) is 4.15. The Kier molecular flexibility index (Phi) is 10.2. The van der Waals surface area contributed by atoms with E-state index in [1.54, 1.807) is 0 Å². The molecule has 0 amide bonds. The monoisotopic (exact) mass is 480 g/mol. The third-order valence-corrected chi connectivity index (χ3v) is 5.52. The number of methoxy groups -OCH3 is 1. The Hall–Kier alpha value is -0.570. The molecule has 0 saturated carbocycles. The van der Waals surface area contributed by atoms with Gasteiger partial charge in [0.1, 0.15) is 0 Å². The topological polar surface area (TPSA) is 57.2 Å². The maximum Gasteiger partial charge on any atom is 0.310 e. The van der Waals surface area contributed by atoms with E-state index in [0.717, 1.165) is 19.0 Å². The lowest BCUT2D eigenvalue weighted by atomic mass is 9.99. The minimum absolute atomic E-state index is 0. The number of nitrogens with one attached hydrogen (secondary N) is 1. The van der Waals surface area contributed by atoms with Gasteiger partial charge in [0.25, 0.3) is 0 Å². The lowest BCUT2D eigenvalue weighted by Gasteiger charge is -2.31. The predicted molar refractivity (Wildman–Crippen MR) is 117 cm³/mol. The Bertz CT molecular complexity index is 466. The Labute approximate surface area is 176 Å². The number of esters is 1. The highest BCUT2D eigenvalue weighted by Crippen LogP contribution is 2.24. The minimum Gasteiger partial charge on any atom is -0.469 e. The summed E-state index contributed by atoms with van der Waals surface area (Å²) in [5.41, 5.74) is 0. The van der Waals surface area contributed by atoms with Crippen molar-refractivity contribution in [3.8, 4) is 0 Å². The average Bonchev–Trinajstić information content (AvgIpc) is 3.23. The number of hydrogen-bond donors (Lipinski definition) is 1. The number of carbonyl (C=O) groups is 1. The highest BCUT2D eigenvalue weighted by molar-refractivity contribution is 14.0. The van der Waals surface area contributed by atoms with Gasteiger partial charge < -0.3 is 15.0 Å².